The third kappa shape index (κ3) is 3.49. The molecule has 3 heterocycles. The molecule has 2 aromatic rings. The van der Waals surface area contributed by atoms with E-state index in [1.54, 1.807) is 4.90 Å². The van der Waals surface area contributed by atoms with E-state index in [1.165, 1.54) is 19.3 Å². The molecule has 0 N–H and O–H groups in total. The molecule has 7 heteroatoms. The number of carbonyl (C=O) groups excluding carboxylic acids is 1. The number of imidazole rings is 1. The highest BCUT2D eigenvalue weighted by Gasteiger charge is 2.36. The van der Waals surface area contributed by atoms with E-state index in [9.17, 15) is 13.2 Å². The summed E-state index contributed by atoms with van der Waals surface area (Å²) in [6.07, 6.45) is 8.40. The first-order valence-corrected chi connectivity index (χ1v) is 11.8. The van der Waals surface area contributed by atoms with Crippen molar-refractivity contribution in [2.24, 2.45) is 0 Å². The Labute approximate surface area is 160 Å². The molecule has 2 aliphatic rings. The van der Waals surface area contributed by atoms with E-state index in [4.69, 9.17) is 4.98 Å². The van der Waals surface area contributed by atoms with Gasteiger partial charge in [0.05, 0.1) is 17.0 Å². The first-order valence-electron chi connectivity index (χ1n) is 9.98. The quantitative estimate of drug-likeness (QED) is 0.806. The number of aromatic nitrogens is 2. The van der Waals surface area contributed by atoms with Crippen LogP contribution in [0.3, 0.4) is 0 Å². The number of carbonyl (C=O) groups is 1. The topological polar surface area (TPSA) is 71.8 Å². The highest BCUT2D eigenvalue weighted by Crippen LogP contribution is 2.33. The Bertz CT molecular complexity index is 945. The number of hydrogen-bond donors (Lipinski definition) is 0. The van der Waals surface area contributed by atoms with Gasteiger partial charge in [-0.15, -0.1) is 0 Å². The Kier molecular flexibility index (Phi) is 4.97. The van der Waals surface area contributed by atoms with Gasteiger partial charge in [-0.25, -0.2) is 13.4 Å². The molecule has 1 aliphatic carbocycles. The van der Waals surface area contributed by atoms with Crippen LogP contribution < -0.4 is 0 Å². The van der Waals surface area contributed by atoms with E-state index in [-0.39, 0.29) is 23.5 Å². The standard InChI is InChI=1S/C20H27N3O3S/c1-2-22(16-11-13-27(25,26)14-16)20(24)18-17-10-6-7-12-23(17)19(21-18)15-8-4-3-5-9-15/h6-7,10,12,15-16H,2-5,8-9,11,13-14H2,1H3. The third-order valence-electron chi connectivity index (χ3n) is 6.00. The van der Waals surface area contributed by atoms with Crippen molar-refractivity contribution in [2.45, 2.75) is 57.4 Å². The Hall–Kier alpha value is -1.89. The summed E-state index contributed by atoms with van der Waals surface area (Å²) in [5.41, 5.74) is 1.28. The van der Waals surface area contributed by atoms with Crippen LogP contribution in [0.4, 0.5) is 0 Å². The van der Waals surface area contributed by atoms with Crippen molar-refractivity contribution in [3.63, 3.8) is 0 Å². The highest BCUT2D eigenvalue weighted by molar-refractivity contribution is 7.91. The molecule has 2 fully saturated rings. The average Bonchev–Trinajstić information content (AvgIpc) is 3.23. The summed E-state index contributed by atoms with van der Waals surface area (Å²) in [5, 5.41) is 0. The maximum Gasteiger partial charge on any atom is 0.274 e. The van der Waals surface area contributed by atoms with Crippen molar-refractivity contribution in [3.8, 4) is 0 Å². The Morgan fingerprint density at radius 1 is 1.22 bits per heavy atom. The van der Waals surface area contributed by atoms with Gasteiger partial charge in [0.1, 0.15) is 5.82 Å². The van der Waals surface area contributed by atoms with Crippen LogP contribution in [0, 0.1) is 0 Å². The molecular formula is C20H27N3O3S. The molecule has 27 heavy (non-hydrogen) atoms. The minimum absolute atomic E-state index is 0.0633. The highest BCUT2D eigenvalue weighted by atomic mass is 32.2. The van der Waals surface area contributed by atoms with Crippen LogP contribution in [-0.4, -0.2) is 52.7 Å². The molecule has 1 amide bonds. The summed E-state index contributed by atoms with van der Waals surface area (Å²) in [6, 6.07) is 5.59. The Morgan fingerprint density at radius 3 is 2.67 bits per heavy atom. The number of fused-ring (bicyclic) bond motifs is 1. The van der Waals surface area contributed by atoms with E-state index < -0.39 is 9.84 Å². The molecule has 2 aromatic heterocycles. The van der Waals surface area contributed by atoms with Gasteiger partial charge in [-0.05, 0) is 38.3 Å². The second-order valence-corrected chi connectivity index (χ2v) is 9.99. The van der Waals surface area contributed by atoms with E-state index >= 15 is 0 Å². The van der Waals surface area contributed by atoms with Crippen molar-refractivity contribution < 1.29 is 13.2 Å². The van der Waals surface area contributed by atoms with Crippen LogP contribution in [0.5, 0.6) is 0 Å². The van der Waals surface area contributed by atoms with Gasteiger partial charge in [0.25, 0.3) is 5.91 Å². The summed E-state index contributed by atoms with van der Waals surface area (Å²) in [5.74, 6) is 1.44. The molecule has 0 radical (unpaired) electrons. The molecule has 0 aromatic carbocycles. The zero-order valence-corrected chi connectivity index (χ0v) is 16.6. The van der Waals surface area contributed by atoms with E-state index in [1.807, 2.05) is 31.3 Å². The molecule has 4 rings (SSSR count). The van der Waals surface area contributed by atoms with Crippen molar-refractivity contribution >= 4 is 21.3 Å². The van der Waals surface area contributed by atoms with Crippen molar-refractivity contribution in [2.75, 3.05) is 18.1 Å². The fourth-order valence-electron chi connectivity index (χ4n) is 4.59. The van der Waals surface area contributed by atoms with Gasteiger partial charge in [0, 0.05) is 24.7 Å². The normalized spacial score (nSPS) is 22.9. The van der Waals surface area contributed by atoms with Crippen molar-refractivity contribution in [1.82, 2.24) is 14.3 Å². The van der Waals surface area contributed by atoms with Gasteiger partial charge in [-0.2, -0.15) is 0 Å². The summed E-state index contributed by atoms with van der Waals surface area (Å²) in [7, 11) is -3.04. The van der Waals surface area contributed by atoms with Crippen molar-refractivity contribution in [1.29, 1.82) is 0 Å². The van der Waals surface area contributed by atoms with Crippen LogP contribution >= 0.6 is 0 Å². The zero-order valence-electron chi connectivity index (χ0n) is 15.8. The summed E-state index contributed by atoms with van der Waals surface area (Å²) in [4.78, 5) is 19.9. The smallest absolute Gasteiger partial charge is 0.274 e. The number of pyridine rings is 1. The maximum atomic E-state index is 13.3. The number of sulfone groups is 1. The lowest BCUT2D eigenvalue weighted by Gasteiger charge is -2.26. The molecular weight excluding hydrogens is 362 g/mol. The van der Waals surface area contributed by atoms with Crippen LogP contribution in [0.15, 0.2) is 24.4 Å². The fraction of sp³-hybridized carbons (Fsp3) is 0.600. The first-order chi connectivity index (χ1) is 13.0. The molecule has 1 atom stereocenters. The average molecular weight is 390 g/mol. The minimum Gasteiger partial charge on any atom is -0.333 e. The van der Waals surface area contributed by atoms with Gasteiger partial charge in [-0.3, -0.25) is 4.79 Å². The van der Waals surface area contributed by atoms with Crippen LogP contribution in [0.25, 0.3) is 5.52 Å². The van der Waals surface area contributed by atoms with Gasteiger partial charge in [0.2, 0.25) is 0 Å². The van der Waals surface area contributed by atoms with E-state index in [0.717, 1.165) is 24.2 Å². The van der Waals surface area contributed by atoms with Gasteiger partial charge < -0.3 is 9.30 Å². The Morgan fingerprint density at radius 2 is 2.00 bits per heavy atom. The molecule has 1 saturated heterocycles. The molecule has 146 valence electrons. The van der Waals surface area contributed by atoms with Crippen LogP contribution in [-0.2, 0) is 9.84 Å². The third-order valence-corrected chi connectivity index (χ3v) is 7.75. The summed E-state index contributed by atoms with van der Waals surface area (Å²) >= 11 is 0. The van der Waals surface area contributed by atoms with Gasteiger partial charge in [0.15, 0.2) is 15.5 Å². The predicted molar refractivity (Wildman–Crippen MR) is 105 cm³/mol. The number of hydrogen-bond acceptors (Lipinski definition) is 4. The monoisotopic (exact) mass is 389 g/mol. The number of rotatable bonds is 4. The Balaban J connectivity index is 1.71. The summed E-state index contributed by atoms with van der Waals surface area (Å²) in [6.45, 7) is 2.40. The SMILES string of the molecule is CCN(C(=O)c1nc(C2CCCCC2)n2ccccc12)C1CCS(=O)(=O)C1. The van der Waals surface area contributed by atoms with Gasteiger partial charge >= 0.3 is 0 Å². The lowest BCUT2D eigenvalue weighted by Crippen LogP contribution is -2.41. The second kappa shape index (κ2) is 7.26. The van der Waals surface area contributed by atoms with E-state index in [2.05, 4.69) is 4.40 Å². The largest absolute Gasteiger partial charge is 0.333 e. The molecule has 0 bridgehead atoms. The molecule has 1 unspecified atom stereocenters. The summed E-state index contributed by atoms with van der Waals surface area (Å²) < 4.78 is 25.8. The molecule has 6 nitrogen and oxygen atoms in total. The fourth-order valence-corrected chi connectivity index (χ4v) is 6.32. The van der Waals surface area contributed by atoms with Crippen LogP contribution in [0.2, 0.25) is 0 Å². The lowest BCUT2D eigenvalue weighted by atomic mass is 9.89. The predicted octanol–water partition coefficient (Wildman–Crippen LogP) is 3.03. The van der Waals surface area contributed by atoms with Crippen LogP contribution in [0.1, 0.15) is 67.7 Å². The molecule has 1 saturated carbocycles. The van der Waals surface area contributed by atoms with Crippen molar-refractivity contribution in [3.05, 3.63) is 35.9 Å². The molecule has 1 aliphatic heterocycles. The van der Waals surface area contributed by atoms with Gasteiger partial charge in [-0.1, -0.05) is 25.3 Å². The number of nitrogens with zero attached hydrogens (tertiary/aromatic N) is 3. The second-order valence-electron chi connectivity index (χ2n) is 7.76. The molecule has 0 spiro atoms. The maximum absolute atomic E-state index is 13.3. The first kappa shape index (κ1) is 18.5. The zero-order chi connectivity index (χ0) is 19.0. The van der Waals surface area contributed by atoms with E-state index in [0.29, 0.717) is 24.6 Å². The minimum atomic E-state index is -3.04. The number of amides is 1. The lowest BCUT2D eigenvalue weighted by molar-refractivity contribution is 0.0704.